The van der Waals surface area contributed by atoms with Crippen LogP contribution in [0.15, 0.2) is 50.9 Å². The zero-order valence-corrected chi connectivity index (χ0v) is 52.8. The van der Waals surface area contributed by atoms with E-state index in [2.05, 4.69) is 139 Å². The molecule has 6 aromatic rings. The summed E-state index contributed by atoms with van der Waals surface area (Å²) < 4.78 is 21.0. The molecule has 6 aromatic heterocycles. The summed E-state index contributed by atoms with van der Waals surface area (Å²) in [7, 11) is 6.65. The van der Waals surface area contributed by atoms with Gasteiger partial charge in [0.2, 0.25) is 11.8 Å². The predicted molar refractivity (Wildman–Crippen MR) is 281 cm³/mol. The first-order chi connectivity index (χ1) is 31.1. The molecule has 6 heterocycles. The Hall–Kier alpha value is -0.687. The molecule has 0 saturated heterocycles. The Morgan fingerprint density at radius 2 is 1.22 bits per heavy atom. The monoisotopic (exact) mass is 1370 g/mol. The van der Waals surface area contributed by atoms with Crippen molar-refractivity contribution in [1.29, 1.82) is 0 Å². The second-order valence-corrected chi connectivity index (χ2v) is 15.7. The molecule has 0 aliphatic heterocycles. The van der Waals surface area contributed by atoms with Gasteiger partial charge in [-0.25, -0.2) is 24.7 Å². The first-order valence-electron chi connectivity index (χ1n) is 20.1. The van der Waals surface area contributed by atoms with Gasteiger partial charge in [-0.1, -0.05) is 54.8 Å². The Morgan fingerprint density at radius 1 is 0.738 bits per heavy atom. The number of alkyl halides is 1. The Balaban J connectivity index is 0.000000381. The summed E-state index contributed by atoms with van der Waals surface area (Å²) in [4.78, 5) is 69.7. The molecule has 0 aliphatic rings. The van der Waals surface area contributed by atoms with E-state index in [1.165, 1.54) is 85.8 Å². The van der Waals surface area contributed by atoms with Crippen molar-refractivity contribution in [2.24, 2.45) is 0 Å². The number of H-pyrrole nitrogens is 1. The number of nitrogen functional groups attached to an aromatic ring is 2. The minimum absolute atomic E-state index is 0.0615. The number of fused-ring (bicyclic) bond motifs is 2. The molecular weight excluding hydrogens is 1320 g/mol. The Morgan fingerprint density at radius 3 is 1.63 bits per heavy atom. The first-order valence-corrected chi connectivity index (χ1v) is 45.1. The molecule has 20 nitrogen and oxygen atoms in total. The van der Waals surface area contributed by atoms with E-state index in [-0.39, 0.29) is 42.7 Å². The number of halogens is 5. The Labute approximate surface area is 471 Å². The maximum atomic E-state index is 11.6. The van der Waals surface area contributed by atoms with Crippen molar-refractivity contribution in [3.63, 3.8) is 0 Å². The molecule has 0 unspecified atom stereocenters. The topological polar surface area (TPSA) is 253 Å². The van der Waals surface area contributed by atoms with Crippen LogP contribution in [0.5, 0.6) is 17.8 Å². The van der Waals surface area contributed by atoms with Crippen LogP contribution in [0.4, 0.5) is 11.6 Å². The van der Waals surface area contributed by atoms with Crippen molar-refractivity contribution in [2.45, 2.75) is 52.6 Å². The number of nitrogens with one attached hydrogen (secondary N) is 1. The molecule has 65 heavy (non-hydrogen) atoms. The number of nitrogens with two attached hydrogens (primary N) is 2. The number of hydrogen-bond donors (Lipinski definition) is 3. The normalized spacial score (nSPS) is 10.3. The Bertz CT molecular complexity index is 2450. The van der Waals surface area contributed by atoms with E-state index in [9.17, 15) is 14.4 Å². The molecule has 0 saturated carbocycles. The van der Waals surface area contributed by atoms with Crippen LogP contribution in [0.1, 0.15) is 50.7 Å². The molecule has 0 fully saturated rings. The average molecular weight is 1370 g/mol. The number of imidazole rings is 2. The second-order valence-electron chi connectivity index (χ2n) is 13.5. The number of anilines is 2. The number of rotatable bonds is 16. The number of aromatic nitrogens is 10. The van der Waals surface area contributed by atoms with Crippen molar-refractivity contribution in [3.8, 4) is 17.8 Å². The van der Waals surface area contributed by atoms with Gasteiger partial charge in [-0.15, -0.1) is 0 Å². The van der Waals surface area contributed by atoms with E-state index >= 15 is 0 Å². The number of nitrogens with zero attached hydrogens (tertiary/aromatic N) is 11. The molecule has 0 spiro atoms. The van der Waals surface area contributed by atoms with Gasteiger partial charge in [0.05, 0.1) is 19.7 Å². The third kappa shape index (κ3) is 20.3. The molecule has 27 heteroatoms. The number of aromatic amines is 1. The van der Waals surface area contributed by atoms with Gasteiger partial charge in [0.15, 0.2) is 45.3 Å². The van der Waals surface area contributed by atoms with Gasteiger partial charge < -0.3 is 35.5 Å². The first kappa shape index (κ1) is 60.4. The van der Waals surface area contributed by atoms with Crippen LogP contribution in [-0.2, 0) is 22.7 Å². The maximum absolute atomic E-state index is 11.6. The zero-order chi connectivity index (χ0) is 48.6. The molecule has 0 aliphatic carbocycles. The molecule has 0 atom stereocenters. The van der Waals surface area contributed by atoms with Gasteiger partial charge in [-0.05, 0) is 55.8 Å². The third-order valence-electron chi connectivity index (χ3n) is 8.33. The predicted octanol–water partition coefficient (Wildman–Crippen LogP) is 5.83. The number of pyridine rings is 2. The minimum atomic E-state index is -0.545. The van der Waals surface area contributed by atoms with Crippen LogP contribution >= 0.6 is 85.0 Å². The number of hydrogen-bond acceptors (Lipinski definition) is 15. The molecule has 344 valence electrons. The van der Waals surface area contributed by atoms with Gasteiger partial charge in [0.1, 0.15) is 11.3 Å². The molecule has 0 radical (unpaired) electrons. The summed E-state index contributed by atoms with van der Waals surface area (Å²) in [5.41, 5.74) is 14.9. The SMILES string of the molecule is CCCCBr.CCCCOc1nc(N)c2nc(Br)n(Cc3ccc(OCC(=O)N(C)C)nc3)c2n1.CN(C)C(=O)COc1ccc(Cn2c(Br)nc3c(N)[nH]c(=O)nc32)cn1.II.[K][K]. The van der Waals surface area contributed by atoms with Gasteiger partial charge >= 0.3 is 74.9 Å². The van der Waals surface area contributed by atoms with Crippen molar-refractivity contribution >= 4 is 194 Å². The van der Waals surface area contributed by atoms with Crippen molar-refractivity contribution in [2.75, 3.05) is 64.8 Å². The van der Waals surface area contributed by atoms with Crippen molar-refractivity contribution in [1.82, 2.24) is 58.8 Å². The summed E-state index contributed by atoms with van der Waals surface area (Å²) >= 11 is 16.9. The fourth-order valence-corrected chi connectivity index (χ4v) is 6.35. The van der Waals surface area contributed by atoms with Gasteiger partial charge in [-0.2, -0.15) is 15.0 Å². The van der Waals surface area contributed by atoms with Crippen molar-refractivity contribution in [3.05, 3.63) is 67.7 Å². The Kier molecular flexibility index (Phi) is 30.7. The molecule has 0 aromatic carbocycles. The van der Waals surface area contributed by atoms with Crippen LogP contribution in [-0.4, -0.2) is 187 Å². The van der Waals surface area contributed by atoms with E-state index in [1.807, 2.05) is 10.6 Å². The summed E-state index contributed by atoms with van der Waals surface area (Å²) in [5, 5.41) is 1.16. The number of carbonyl (C=O) groups is 2. The van der Waals surface area contributed by atoms with E-state index in [0.717, 1.165) is 29.3 Å². The third-order valence-corrected chi connectivity index (χ3v) is 10.1. The molecular formula is C38H49Br3I2K2N14O6. The second kappa shape index (κ2) is 33.0. The van der Waals surface area contributed by atoms with E-state index in [1.54, 1.807) is 63.4 Å². The van der Waals surface area contributed by atoms with E-state index in [0.29, 0.717) is 63.3 Å². The number of likely N-dealkylation sites (N-methyl/N-ethyl adjacent to an activating group) is 2. The summed E-state index contributed by atoms with van der Waals surface area (Å²) in [5.74, 6) is 0.853. The summed E-state index contributed by atoms with van der Waals surface area (Å²) in [6.45, 7) is 5.47. The van der Waals surface area contributed by atoms with E-state index in [4.69, 9.17) is 25.7 Å². The molecule has 5 N–H and O–H groups in total. The summed E-state index contributed by atoms with van der Waals surface area (Å²) in [6.07, 6.45) is 7.81. The average Bonchev–Trinajstić information content (AvgIpc) is 3.79. The van der Waals surface area contributed by atoms with Crippen LogP contribution in [0.25, 0.3) is 22.3 Å². The molecule has 2 amide bonds. The van der Waals surface area contributed by atoms with E-state index < -0.39 is 5.69 Å². The van der Waals surface area contributed by atoms with Gasteiger partial charge in [0.25, 0.3) is 11.8 Å². The van der Waals surface area contributed by atoms with Crippen molar-refractivity contribution < 1.29 is 23.8 Å². The van der Waals surface area contributed by atoms with Gasteiger partial charge in [-0.3, -0.25) is 23.7 Å². The van der Waals surface area contributed by atoms with Crippen LogP contribution < -0.4 is 31.4 Å². The number of ether oxygens (including phenoxy) is 3. The van der Waals surface area contributed by atoms with Gasteiger partial charge in [0, 0.05) is 95.3 Å². The summed E-state index contributed by atoms with van der Waals surface area (Å²) in [6, 6.07) is 7.28. The number of unbranched alkanes of at least 4 members (excludes halogenated alkanes) is 2. The standard InChI is InChI=1S/C19H24BrN7O3.C15H16BrN7O3.C4H9Br.I2.2K/c1-4-5-8-29-19-24-16(21)15-17(25-19)27(18(20)23-15)10-12-6-7-13(22-9-12)30-11-14(28)26(2)3;1-22(2)10(24)7-26-9-4-3-8(5-18-9)6-23-13-11(19-14(23)16)12(17)20-15(25)21-13;1-2-3-4-5;1-2;;/h6-7,9H,4-5,8,10-11H2,1-3H3,(H2,21,24,25);3-5H,6-7H2,1-2H3,(H3,17,20,21,25);2-4H2,1H3;;;. The molecule has 6 rings (SSSR count). The van der Waals surface area contributed by atoms with Crippen LogP contribution in [0.2, 0.25) is 0 Å². The fourth-order valence-electron chi connectivity index (χ4n) is 4.85. The van der Waals surface area contributed by atoms with Crippen LogP contribution in [0, 0.1) is 0 Å². The number of amides is 2. The zero-order valence-electron chi connectivity index (χ0n) is 37.4. The number of carbonyl (C=O) groups excluding carboxylic acids is 2. The van der Waals surface area contributed by atoms with Crippen LogP contribution in [0.3, 0.4) is 0 Å². The fraction of sp³-hybridized carbons (Fsp3) is 0.421. The quantitative estimate of drug-likeness (QED) is 0.0339. The molecule has 0 bridgehead atoms.